The molecule has 0 radical (unpaired) electrons. The number of nitrogens with zero attached hydrogens (tertiary/aromatic N) is 4. The second-order valence-corrected chi connectivity index (χ2v) is 19.5. The van der Waals surface area contributed by atoms with Crippen LogP contribution in [0.2, 0.25) is 0 Å². The minimum Gasteiger partial charge on any atom is -0.333 e. The van der Waals surface area contributed by atoms with E-state index in [2.05, 4.69) is 274 Å². The Labute approximate surface area is 421 Å². The van der Waals surface area contributed by atoms with Gasteiger partial charge in [-0.15, -0.1) is 0 Å². The number of rotatable bonds is 9. The van der Waals surface area contributed by atoms with Crippen LogP contribution in [0.25, 0.3) is 50.3 Å². The molecule has 0 saturated carbocycles. The largest absolute Gasteiger partial charge is 0.333 e. The SMILES string of the molecule is C1=CC2c3cc(N(c4ccc(-c5ccc(N(C6=CCCc7ccccc76)c6ccc7c(c6)c6c(n7-c7ccccc7)C=CCC6)cc5)cc4)c4cccc5ccccc45)ccc3N(c3ccccc3)C2C=C1. The molecule has 1 aromatic heterocycles. The van der Waals surface area contributed by atoms with Gasteiger partial charge >= 0.3 is 0 Å². The monoisotopic (exact) mass is 924 g/mol. The highest BCUT2D eigenvalue weighted by Gasteiger charge is 2.38. The number of aromatic nitrogens is 1. The van der Waals surface area contributed by atoms with Crippen molar-refractivity contribution in [3.63, 3.8) is 0 Å². The summed E-state index contributed by atoms with van der Waals surface area (Å²) >= 11 is 0. The third-order valence-electron chi connectivity index (χ3n) is 15.4. The zero-order valence-corrected chi connectivity index (χ0v) is 40.0. The summed E-state index contributed by atoms with van der Waals surface area (Å²) in [5.74, 6) is 0.247. The van der Waals surface area contributed by atoms with Gasteiger partial charge in [-0.25, -0.2) is 0 Å². The molecule has 4 heteroatoms. The molecular weight excluding hydrogens is 873 g/mol. The fraction of sp³-hybridized carbons (Fsp3) is 0.0882. The Bertz CT molecular complexity index is 3810. The number of anilines is 7. The van der Waals surface area contributed by atoms with Crippen LogP contribution in [0.1, 0.15) is 46.7 Å². The molecule has 0 N–H and O–H groups in total. The van der Waals surface area contributed by atoms with Gasteiger partial charge < -0.3 is 19.3 Å². The van der Waals surface area contributed by atoms with Gasteiger partial charge in [-0.2, -0.15) is 0 Å². The Kier molecular flexibility index (Phi) is 10.2. The summed E-state index contributed by atoms with van der Waals surface area (Å²) in [5, 5.41) is 3.76. The lowest BCUT2D eigenvalue weighted by atomic mass is 9.91. The second-order valence-electron chi connectivity index (χ2n) is 19.5. The van der Waals surface area contributed by atoms with Crippen molar-refractivity contribution in [2.75, 3.05) is 14.7 Å². The lowest BCUT2D eigenvalue weighted by molar-refractivity contribution is 0.745. The second kappa shape index (κ2) is 17.5. The summed E-state index contributed by atoms with van der Waals surface area (Å²) in [7, 11) is 0. The van der Waals surface area contributed by atoms with Crippen LogP contribution in [0.4, 0.5) is 39.8 Å². The van der Waals surface area contributed by atoms with Crippen LogP contribution in [0, 0.1) is 0 Å². The number of aryl methyl sites for hydroxylation is 2. The van der Waals surface area contributed by atoms with E-state index in [0.717, 1.165) is 48.4 Å². The van der Waals surface area contributed by atoms with E-state index in [9.17, 15) is 0 Å². The Morgan fingerprint density at radius 3 is 1.97 bits per heavy atom. The smallest absolute Gasteiger partial charge is 0.0629 e. The van der Waals surface area contributed by atoms with Crippen LogP contribution in [-0.4, -0.2) is 10.6 Å². The average Bonchev–Trinajstić information content (AvgIpc) is 3.96. The van der Waals surface area contributed by atoms with E-state index in [-0.39, 0.29) is 12.0 Å². The number of fused-ring (bicyclic) bond motifs is 8. The van der Waals surface area contributed by atoms with Crippen molar-refractivity contribution < 1.29 is 0 Å². The highest BCUT2D eigenvalue weighted by molar-refractivity contribution is 6.00. The zero-order valence-electron chi connectivity index (χ0n) is 40.0. The molecule has 4 nitrogen and oxygen atoms in total. The van der Waals surface area contributed by atoms with Gasteiger partial charge in [0.1, 0.15) is 0 Å². The predicted octanol–water partition coefficient (Wildman–Crippen LogP) is 17.7. The molecular formula is C68H52N4. The number of benzene rings is 9. The topological polar surface area (TPSA) is 14.7 Å². The van der Waals surface area contributed by atoms with Crippen LogP contribution >= 0.6 is 0 Å². The van der Waals surface area contributed by atoms with Gasteiger partial charge in [0.15, 0.2) is 0 Å². The number of allylic oxidation sites excluding steroid dienone is 4. The Morgan fingerprint density at radius 1 is 0.486 bits per heavy atom. The summed E-state index contributed by atoms with van der Waals surface area (Å²) in [5.41, 5.74) is 21.0. The lowest BCUT2D eigenvalue weighted by Gasteiger charge is -2.31. The molecule has 0 spiro atoms. The predicted molar refractivity (Wildman–Crippen MR) is 303 cm³/mol. The molecule has 1 aliphatic heterocycles. The fourth-order valence-corrected chi connectivity index (χ4v) is 12.1. The normalized spacial score (nSPS) is 16.3. The first-order chi connectivity index (χ1) is 35.7. The minimum atomic E-state index is 0.223. The van der Waals surface area contributed by atoms with E-state index >= 15 is 0 Å². The van der Waals surface area contributed by atoms with Gasteiger partial charge in [-0.3, -0.25) is 0 Å². The average molecular weight is 925 g/mol. The lowest BCUT2D eigenvalue weighted by Crippen LogP contribution is -2.28. The van der Waals surface area contributed by atoms with E-state index in [1.54, 1.807) is 0 Å². The highest BCUT2D eigenvalue weighted by Crippen LogP contribution is 2.51. The van der Waals surface area contributed by atoms with Crippen molar-refractivity contribution >= 4 is 73.3 Å². The molecule has 2 heterocycles. The van der Waals surface area contributed by atoms with E-state index in [1.165, 1.54) is 89.2 Å². The third-order valence-corrected chi connectivity index (χ3v) is 15.4. The van der Waals surface area contributed by atoms with Crippen LogP contribution < -0.4 is 14.7 Å². The maximum atomic E-state index is 2.50. The van der Waals surface area contributed by atoms with Crippen molar-refractivity contribution in [3.8, 4) is 16.8 Å². The molecule has 2 atom stereocenters. The summed E-state index contributed by atoms with van der Waals surface area (Å²) in [6, 6.07) is 78.8. The first-order valence-electron chi connectivity index (χ1n) is 25.5. The van der Waals surface area contributed by atoms with Gasteiger partial charge in [0.25, 0.3) is 0 Å². The quantitative estimate of drug-likeness (QED) is 0.143. The standard InChI is InChI=1S/C68H52N4/c1-3-21-51(22-4-1)71-65-29-13-11-27-59(65)61-45-55(41-43-67(61)71)69(63-31-15-19-49-17-7-9-25-57(49)63)53-37-33-47(34-38-53)48-35-39-54(40-36-48)70(64-32-16-20-50-18-8-10-26-58(50)64)56-42-44-68-62(46-56)60-28-12-14-30-66(60)72(68)52-23-5-2-6-24-52/h1-11,13-15,17-19,21-27,29-46,59,65H,12,16,20,28H2. The van der Waals surface area contributed by atoms with Crippen molar-refractivity contribution in [2.24, 2.45) is 0 Å². The molecule has 0 fully saturated rings. The van der Waals surface area contributed by atoms with E-state index in [4.69, 9.17) is 0 Å². The molecule has 0 amide bonds. The number of hydrogen-bond donors (Lipinski definition) is 0. The van der Waals surface area contributed by atoms with Crippen LogP contribution in [0.5, 0.6) is 0 Å². The first-order valence-corrected chi connectivity index (χ1v) is 25.5. The fourth-order valence-electron chi connectivity index (χ4n) is 12.1. The molecule has 4 aliphatic rings. The van der Waals surface area contributed by atoms with Crippen LogP contribution in [0.3, 0.4) is 0 Å². The van der Waals surface area contributed by atoms with Gasteiger partial charge in [-0.05, 0) is 156 Å². The summed E-state index contributed by atoms with van der Waals surface area (Å²) in [6.07, 6.45) is 20.3. The first kappa shape index (κ1) is 42.1. The minimum absolute atomic E-state index is 0.223. The van der Waals surface area contributed by atoms with Gasteiger partial charge in [0.05, 0.1) is 17.2 Å². The summed E-state index contributed by atoms with van der Waals surface area (Å²) < 4.78 is 2.44. The van der Waals surface area contributed by atoms with Gasteiger partial charge in [-0.1, -0.05) is 158 Å². The van der Waals surface area contributed by atoms with E-state index < -0.39 is 0 Å². The molecule has 344 valence electrons. The van der Waals surface area contributed by atoms with E-state index in [0.29, 0.717) is 0 Å². The number of para-hydroxylation sites is 2. The molecule has 9 aromatic carbocycles. The summed E-state index contributed by atoms with van der Waals surface area (Å²) in [6.45, 7) is 0. The number of hydrogen-bond acceptors (Lipinski definition) is 3. The maximum absolute atomic E-state index is 2.50. The van der Waals surface area contributed by atoms with Crippen molar-refractivity contribution in [1.29, 1.82) is 0 Å². The molecule has 10 aromatic rings. The zero-order chi connectivity index (χ0) is 47.5. The van der Waals surface area contributed by atoms with Crippen LogP contribution in [-0.2, 0) is 12.8 Å². The van der Waals surface area contributed by atoms with Crippen molar-refractivity contribution in [2.45, 2.75) is 37.6 Å². The molecule has 72 heavy (non-hydrogen) atoms. The molecule has 0 saturated heterocycles. The van der Waals surface area contributed by atoms with E-state index in [1.807, 2.05) is 0 Å². The van der Waals surface area contributed by atoms with Gasteiger partial charge in [0.2, 0.25) is 0 Å². The van der Waals surface area contributed by atoms with Crippen molar-refractivity contribution in [3.05, 3.63) is 277 Å². The molecule has 14 rings (SSSR count). The molecule has 2 unspecified atom stereocenters. The van der Waals surface area contributed by atoms with Crippen molar-refractivity contribution in [1.82, 2.24) is 4.57 Å². The molecule has 3 aliphatic carbocycles. The Morgan fingerprint density at radius 2 is 1.15 bits per heavy atom. The third kappa shape index (κ3) is 7.05. The van der Waals surface area contributed by atoms with Gasteiger partial charge in [0, 0.05) is 73.5 Å². The highest BCUT2D eigenvalue weighted by atomic mass is 15.2. The summed E-state index contributed by atoms with van der Waals surface area (Å²) in [4.78, 5) is 7.45. The maximum Gasteiger partial charge on any atom is 0.0629 e. The van der Waals surface area contributed by atoms with Crippen LogP contribution in [0.15, 0.2) is 249 Å². The Balaban J connectivity index is 0.844. The molecule has 0 bridgehead atoms. The Hall–Kier alpha value is -8.86.